The van der Waals surface area contributed by atoms with E-state index in [0.29, 0.717) is 0 Å². The van der Waals surface area contributed by atoms with Crippen LogP contribution in [0.1, 0.15) is 10.5 Å². The lowest BCUT2D eigenvalue weighted by atomic mass is 10.3. The minimum absolute atomic E-state index is 0.0267. The van der Waals surface area contributed by atoms with Crippen molar-refractivity contribution in [2.24, 2.45) is 0 Å². The number of carbonyl (C=O) groups excluding carboxylic acids is 1. The molecule has 0 spiro atoms. The maximum atomic E-state index is 13.2. The number of halogens is 2. The van der Waals surface area contributed by atoms with Gasteiger partial charge in [0.1, 0.15) is 11.5 Å². The molecule has 1 heterocycles. The normalized spacial score (nSPS) is 10.1. The molecule has 0 saturated carbocycles. The van der Waals surface area contributed by atoms with Gasteiger partial charge in [0.25, 0.3) is 5.91 Å². The molecule has 1 aromatic heterocycles. The van der Waals surface area contributed by atoms with Crippen LogP contribution in [0.15, 0.2) is 41.2 Å². The Balaban J connectivity index is 2.21. The summed E-state index contributed by atoms with van der Waals surface area (Å²) in [5.41, 5.74) is -0.0330. The zero-order chi connectivity index (χ0) is 13.1. The molecule has 18 heavy (non-hydrogen) atoms. The molecule has 2 N–H and O–H groups in total. The van der Waals surface area contributed by atoms with Crippen molar-refractivity contribution in [1.29, 1.82) is 0 Å². The number of hydrogen-bond donors (Lipinski definition) is 2. The number of amides is 1. The molecule has 92 valence electrons. The number of carbonyl (C=O) groups is 1. The van der Waals surface area contributed by atoms with Crippen molar-refractivity contribution in [1.82, 2.24) is 4.98 Å². The molecule has 0 atom stereocenters. The Hall–Kier alpha value is -2.14. The van der Waals surface area contributed by atoms with Gasteiger partial charge in [-0.2, -0.15) is 0 Å². The van der Waals surface area contributed by atoms with Crippen LogP contribution in [0.2, 0.25) is 5.02 Å². The Labute approximate surface area is 106 Å². The van der Waals surface area contributed by atoms with Crippen LogP contribution in [-0.4, -0.2) is 10.9 Å². The summed E-state index contributed by atoms with van der Waals surface area (Å²) >= 11 is 5.52. The molecule has 2 rings (SSSR count). The highest BCUT2D eigenvalue weighted by Gasteiger charge is 2.08. The van der Waals surface area contributed by atoms with Crippen LogP contribution in [0.4, 0.5) is 10.1 Å². The summed E-state index contributed by atoms with van der Waals surface area (Å²) in [6.07, 6.45) is 0. The molecule has 0 aliphatic carbocycles. The fourth-order valence-electron chi connectivity index (χ4n) is 1.35. The number of pyridine rings is 1. The van der Waals surface area contributed by atoms with Crippen LogP contribution >= 0.6 is 11.6 Å². The zero-order valence-electron chi connectivity index (χ0n) is 9.04. The predicted octanol–water partition coefficient (Wildman–Crippen LogP) is 2.42. The van der Waals surface area contributed by atoms with E-state index in [2.05, 4.69) is 10.3 Å². The zero-order valence-corrected chi connectivity index (χ0v) is 9.79. The van der Waals surface area contributed by atoms with Crippen molar-refractivity contribution in [2.45, 2.75) is 0 Å². The van der Waals surface area contributed by atoms with Gasteiger partial charge in [-0.1, -0.05) is 17.7 Å². The average Bonchev–Trinajstić information content (AvgIpc) is 2.34. The summed E-state index contributed by atoms with van der Waals surface area (Å²) in [6, 6.07) is 8.09. The van der Waals surface area contributed by atoms with Gasteiger partial charge in [0.05, 0.1) is 5.02 Å². The average molecular weight is 267 g/mol. The maximum absolute atomic E-state index is 13.2. The predicted molar refractivity (Wildman–Crippen MR) is 66.4 cm³/mol. The van der Waals surface area contributed by atoms with Crippen LogP contribution in [0.25, 0.3) is 0 Å². The molecule has 0 unspecified atom stereocenters. The van der Waals surface area contributed by atoms with Crippen LogP contribution in [0.5, 0.6) is 0 Å². The number of hydrogen-bond acceptors (Lipinski definition) is 2. The lowest BCUT2D eigenvalue weighted by Gasteiger charge is -2.05. The van der Waals surface area contributed by atoms with Crippen molar-refractivity contribution in [3.8, 4) is 0 Å². The van der Waals surface area contributed by atoms with Crippen LogP contribution in [0, 0.1) is 5.82 Å². The fourth-order valence-corrected chi connectivity index (χ4v) is 1.47. The van der Waals surface area contributed by atoms with Gasteiger partial charge < -0.3 is 10.3 Å². The SMILES string of the molecule is O=C(Nc1ccc(Cl)c(F)c1)c1cccc(=O)[nH]1. The second-order valence-electron chi connectivity index (χ2n) is 3.51. The highest BCUT2D eigenvalue weighted by Crippen LogP contribution is 2.18. The van der Waals surface area contributed by atoms with Gasteiger partial charge in [-0.3, -0.25) is 9.59 Å². The van der Waals surface area contributed by atoms with Gasteiger partial charge in [-0.25, -0.2) is 4.39 Å². The van der Waals surface area contributed by atoms with Crippen molar-refractivity contribution in [3.05, 3.63) is 63.3 Å². The van der Waals surface area contributed by atoms with Gasteiger partial charge in [0.2, 0.25) is 5.56 Å². The molecule has 1 aromatic carbocycles. The molecule has 0 aliphatic heterocycles. The quantitative estimate of drug-likeness (QED) is 0.877. The maximum Gasteiger partial charge on any atom is 0.272 e. The Morgan fingerprint density at radius 2 is 2.06 bits per heavy atom. The number of H-pyrrole nitrogens is 1. The highest BCUT2D eigenvalue weighted by molar-refractivity contribution is 6.30. The minimum atomic E-state index is -0.629. The Morgan fingerprint density at radius 3 is 2.72 bits per heavy atom. The van der Waals surface area contributed by atoms with Crippen LogP contribution in [-0.2, 0) is 0 Å². The largest absolute Gasteiger partial charge is 0.321 e. The lowest BCUT2D eigenvalue weighted by molar-refractivity contribution is 0.102. The molecular weight excluding hydrogens is 259 g/mol. The summed E-state index contributed by atoms with van der Waals surface area (Å²) in [7, 11) is 0. The fraction of sp³-hybridized carbons (Fsp3) is 0. The summed E-state index contributed by atoms with van der Waals surface area (Å²) in [4.78, 5) is 25.1. The van der Waals surface area contributed by atoms with Crippen molar-refractivity contribution < 1.29 is 9.18 Å². The topological polar surface area (TPSA) is 62.0 Å². The third-order valence-electron chi connectivity index (χ3n) is 2.19. The van der Waals surface area contributed by atoms with E-state index in [1.807, 2.05) is 0 Å². The summed E-state index contributed by atoms with van der Waals surface area (Å²) in [6.45, 7) is 0. The van der Waals surface area contributed by atoms with Gasteiger partial charge in [0.15, 0.2) is 0 Å². The van der Waals surface area contributed by atoms with Crippen molar-refractivity contribution in [2.75, 3.05) is 5.32 Å². The molecule has 0 saturated heterocycles. The van der Waals surface area contributed by atoms with Gasteiger partial charge >= 0.3 is 0 Å². The first kappa shape index (κ1) is 12.3. The molecular formula is C12H8ClFN2O2. The first-order valence-corrected chi connectivity index (χ1v) is 5.40. The Morgan fingerprint density at radius 1 is 1.28 bits per heavy atom. The van der Waals surface area contributed by atoms with E-state index < -0.39 is 11.7 Å². The minimum Gasteiger partial charge on any atom is -0.321 e. The molecule has 0 aliphatic rings. The second kappa shape index (κ2) is 5.01. The smallest absolute Gasteiger partial charge is 0.272 e. The summed E-state index contributed by atoms with van der Waals surface area (Å²) < 4.78 is 13.2. The van der Waals surface area contributed by atoms with E-state index in [9.17, 15) is 14.0 Å². The molecule has 2 aromatic rings. The first-order valence-electron chi connectivity index (χ1n) is 5.02. The van der Waals surface area contributed by atoms with E-state index in [4.69, 9.17) is 11.6 Å². The van der Waals surface area contributed by atoms with E-state index in [1.54, 1.807) is 0 Å². The van der Waals surface area contributed by atoms with Gasteiger partial charge in [-0.05, 0) is 24.3 Å². The summed E-state index contributed by atoms with van der Waals surface area (Å²) in [5.74, 6) is -1.16. The molecule has 1 amide bonds. The van der Waals surface area contributed by atoms with E-state index in [-0.39, 0.29) is 22.0 Å². The van der Waals surface area contributed by atoms with Gasteiger partial charge in [-0.15, -0.1) is 0 Å². The molecule has 6 heteroatoms. The monoisotopic (exact) mass is 266 g/mol. The number of benzene rings is 1. The number of aromatic nitrogens is 1. The lowest BCUT2D eigenvalue weighted by Crippen LogP contribution is -2.17. The number of aromatic amines is 1. The van der Waals surface area contributed by atoms with Gasteiger partial charge in [0, 0.05) is 11.8 Å². The molecule has 0 bridgehead atoms. The van der Waals surface area contributed by atoms with Crippen molar-refractivity contribution in [3.63, 3.8) is 0 Å². The molecule has 0 fully saturated rings. The Bertz CT molecular complexity index is 655. The summed E-state index contributed by atoms with van der Waals surface area (Å²) in [5, 5.41) is 2.42. The van der Waals surface area contributed by atoms with E-state index in [1.165, 1.54) is 30.3 Å². The van der Waals surface area contributed by atoms with E-state index >= 15 is 0 Å². The third-order valence-corrected chi connectivity index (χ3v) is 2.50. The first-order chi connectivity index (χ1) is 8.56. The van der Waals surface area contributed by atoms with Crippen LogP contribution < -0.4 is 10.9 Å². The van der Waals surface area contributed by atoms with Crippen molar-refractivity contribution >= 4 is 23.2 Å². The highest BCUT2D eigenvalue weighted by atomic mass is 35.5. The standard InChI is InChI=1S/C12H8ClFN2O2/c13-8-5-4-7(6-9(8)14)15-12(18)10-2-1-3-11(17)16-10/h1-6H,(H,15,18)(H,16,17). The Kier molecular flexibility index (Phi) is 3.43. The molecule has 4 nitrogen and oxygen atoms in total. The number of rotatable bonds is 2. The number of anilines is 1. The van der Waals surface area contributed by atoms with E-state index in [0.717, 1.165) is 6.07 Å². The van der Waals surface area contributed by atoms with Crippen LogP contribution in [0.3, 0.4) is 0 Å². The molecule has 0 radical (unpaired) electrons. The number of nitrogens with one attached hydrogen (secondary N) is 2. The third kappa shape index (κ3) is 2.75. The second-order valence-corrected chi connectivity index (χ2v) is 3.92.